The Kier molecular flexibility index (Phi) is 9.41. The highest BCUT2D eigenvalue weighted by Gasteiger charge is 2.18. The van der Waals surface area contributed by atoms with Crippen molar-refractivity contribution in [1.82, 2.24) is 29.9 Å². The molecule has 0 amide bonds. The smallest absolute Gasteiger partial charge is 0.164 e. The number of benzene rings is 7. The maximum atomic E-state index is 5.28. The second kappa shape index (κ2) is 16.0. The molecule has 1 aliphatic carbocycles. The summed E-state index contributed by atoms with van der Waals surface area (Å²) < 4.78 is 0. The fourth-order valence-electron chi connectivity index (χ4n) is 9.30. The van der Waals surface area contributed by atoms with Gasteiger partial charge in [-0.25, -0.2) is 19.9 Å². The number of pyridine rings is 3. The minimum absolute atomic E-state index is 0.613. The van der Waals surface area contributed by atoms with E-state index < -0.39 is 0 Å². The van der Waals surface area contributed by atoms with Crippen molar-refractivity contribution >= 4 is 38.7 Å². The van der Waals surface area contributed by atoms with E-state index in [1.54, 1.807) is 0 Å². The lowest BCUT2D eigenvalue weighted by atomic mass is 9.88. The maximum absolute atomic E-state index is 5.28. The average Bonchev–Trinajstić information content (AvgIpc) is 3.38. The lowest BCUT2D eigenvalue weighted by Gasteiger charge is -2.18. The molecule has 6 heteroatoms. The number of rotatable bonds is 7. The van der Waals surface area contributed by atoms with Crippen LogP contribution in [0.5, 0.6) is 0 Å². The summed E-state index contributed by atoms with van der Waals surface area (Å²) in [6.07, 6.45) is 10.4. The molecule has 11 aromatic rings. The Morgan fingerprint density at radius 2 is 1.08 bits per heavy atom. The molecule has 0 aliphatic heterocycles. The Morgan fingerprint density at radius 3 is 1.89 bits per heavy atom. The van der Waals surface area contributed by atoms with Gasteiger partial charge >= 0.3 is 0 Å². The van der Waals surface area contributed by atoms with Crippen LogP contribution in [-0.2, 0) is 6.42 Å². The second-order valence-corrected chi connectivity index (χ2v) is 16.7. The van der Waals surface area contributed by atoms with Crippen LogP contribution in [0.3, 0.4) is 0 Å². The molecule has 306 valence electrons. The van der Waals surface area contributed by atoms with Crippen molar-refractivity contribution in [2.24, 2.45) is 0 Å². The number of allylic oxidation sites excluding steroid dienone is 1. The third-order valence-corrected chi connectivity index (χ3v) is 12.6. The van der Waals surface area contributed by atoms with E-state index >= 15 is 0 Å². The largest absolute Gasteiger partial charge is 0.264 e. The monoisotopic (exact) mass is 832 g/mol. The zero-order valence-corrected chi connectivity index (χ0v) is 35.7. The van der Waals surface area contributed by atoms with Crippen molar-refractivity contribution in [3.05, 3.63) is 211 Å². The molecule has 0 atom stereocenters. The lowest BCUT2D eigenvalue weighted by Crippen LogP contribution is -2.00. The van der Waals surface area contributed by atoms with Crippen LogP contribution in [0.4, 0.5) is 0 Å². The molecule has 6 nitrogen and oxygen atoms in total. The van der Waals surface area contributed by atoms with Gasteiger partial charge in [-0.15, -0.1) is 0 Å². The minimum Gasteiger partial charge on any atom is -0.264 e. The number of hydrogen-bond donors (Lipinski definition) is 0. The molecule has 0 spiro atoms. The third kappa shape index (κ3) is 7.11. The zero-order valence-electron chi connectivity index (χ0n) is 35.7. The topological polar surface area (TPSA) is 77.3 Å². The Labute approximate surface area is 376 Å². The fourth-order valence-corrected chi connectivity index (χ4v) is 9.30. The number of aromatic nitrogens is 6. The molecule has 65 heavy (non-hydrogen) atoms. The highest BCUT2D eigenvalue weighted by Crippen LogP contribution is 2.38. The minimum atomic E-state index is 0.613. The summed E-state index contributed by atoms with van der Waals surface area (Å²) in [6.45, 7) is 2.08. The molecule has 1 aliphatic rings. The molecular formula is C59H40N6. The Hall–Kier alpha value is -8.48. The highest BCUT2D eigenvalue weighted by molar-refractivity contribution is 6.09. The van der Waals surface area contributed by atoms with Crippen LogP contribution in [0, 0.1) is 6.92 Å². The summed E-state index contributed by atoms with van der Waals surface area (Å²) in [5.41, 5.74) is 17.2. The van der Waals surface area contributed by atoms with Gasteiger partial charge in [-0.3, -0.25) is 9.97 Å². The van der Waals surface area contributed by atoms with Crippen LogP contribution >= 0.6 is 0 Å². The molecule has 0 saturated heterocycles. The molecule has 7 aromatic carbocycles. The van der Waals surface area contributed by atoms with Crippen molar-refractivity contribution in [3.63, 3.8) is 0 Å². The number of nitrogens with zero attached hydrogens (tertiary/aromatic N) is 6. The Balaban J connectivity index is 0.861. The second-order valence-electron chi connectivity index (χ2n) is 16.7. The molecule has 0 radical (unpaired) electrons. The van der Waals surface area contributed by atoms with Crippen LogP contribution in [-0.4, -0.2) is 29.9 Å². The number of aryl methyl sites for hydroxylation is 1. The Bertz CT molecular complexity index is 3650. The van der Waals surface area contributed by atoms with E-state index in [9.17, 15) is 0 Å². The molecule has 0 unspecified atom stereocenters. The van der Waals surface area contributed by atoms with Crippen LogP contribution < -0.4 is 0 Å². The van der Waals surface area contributed by atoms with Crippen molar-refractivity contribution in [2.45, 2.75) is 19.8 Å². The van der Waals surface area contributed by atoms with Crippen molar-refractivity contribution in [1.29, 1.82) is 0 Å². The SMILES string of the molecule is Cc1cc(-c2cccc3c2CCC=C3)c2ccc3ccc(-c4ccc(-c5ccc(-c6nc(-c7ccccc7)nc(-c7cccc(-c8cccc9ccncc89)c7)n6)cc5)cc4)nc3c2n1. The summed E-state index contributed by atoms with van der Waals surface area (Å²) in [6, 6.07) is 61.5. The van der Waals surface area contributed by atoms with Gasteiger partial charge in [0.2, 0.25) is 0 Å². The van der Waals surface area contributed by atoms with Gasteiger partial charge in [0.15, 0.2) is 17.5 Å². The molecule has 0 bridgehead atoms. The predicted octanol–water partition coefficient (Wildman–Crippen LogP) is 14.5. The quantitative estimate of drug-likeness (QED) is 0.149. The third-order valence-electron chi connectivity index (χ3n) is 12.6. The molecule has 0 fully saturated rings. The van der Waals surface area contributed by atoms with Crippen molar-refractivity contribution in [3.8, 4) is 78.8 Å². The summed E-state index contributed by atoms with van der Waals surface area (Å²) in [5.74, 6) is 1.85. The summed E-state index contributed by atoms with van der Waals surface area (Å²) in [4.78, 5) is 29.9. The highest BCUT2D eigenvalue weighted by atomic mass is 15.0. The lowest BCUT2D eigenvalue weighted by molar-refractivity contribution is 0.988. The maximum Gasteiger partial charge on any atom is 0.164 e. The first-order chi connectivity index (χ1) is 32.1. The van der Waals surface area contributed by atoms with E-state index in [4.69, 9.17) is 24.9 Å². The molecular weight excluding hydrogens is 793 g/mol. The molecule has 0 saturated carbocycles. The van der Waals surface area contributed by atoms with E-state index in [-0.39, 0.29) is 0 Å². The summed E-state index contributed by atoms with van der Waals surface area (Å²) >= 11 is 0. The van der Waals surface area contributed by atoms with Gasteiger partial charge in [0.05, 0.1) is 16.7 Å². The summed E-state index contributed by atoms with van der Waals surface area (Å²) in [5, 5.41) is 4.45. The van der Waals surface area contributed by atoms with Crippen molar-refractivity contribution < 1.29 is 0 Å². The van der Waals surface area contributed by atoms with Crippen LogP contribution in [0.15, 0.2) is 194 Å². The fraction of sp³-hybridized carbons (Fsp3) is 0.0508. The molecule has 0 N–H and O–H groups in total. The van der Waals surface area contributed by atoms with Crippen LogP contribution in [0.2, 0.25) is 0 Å². The van der Waals surface area contributed by atoms with Crippen LogP contribution in [0.25, 0.3) is 117 Å². The average molecular weight is 833 g/mol. The first kappa shape index (κ1) is 38.2. The number of fused-ring (bicyclic) bond motifs is 5. The van der Waals surface area contributed by atoms with Gasteiger partial charge in [-0.2, -0.15) is 0 Å². The van der Waals surface area contributed by atoms with E-state index in [0.29, 0.717) is 17.5 Å². The Morgan fingerprint density at radius 1 is 0.415 bits per heavy atom. The van der Waals surface area contributed by atoms with Gasteiger partial charge in [0, 0.05) is 56.5 Å². The normalized spacial score (nSPS) is 12.2. The standard InChI is InChI=1S/C59H40N6/c1-37-34-52(50-19-9-13-40-10-5-6-17-48(40)50)51-30-28-43-29-31-54(62-55(43)56(51)61-37)42-24-20-38(21-25-42)39-22-26-45(27-23-39)58-63-57(44-11-3-2-4-12-44)64-59(65-58)47-16-7-15-46(35-47)49-18-8-14-41-32-33-60-36-53(41)49/h2-5,7-16,18-36H,6,17H2,1H3. The van der Waals surface area contributed by atoms with E-state index in [0.717, 1.165) is 101 Å². The van der Waals surface area contributed by atoms with E-state index in [2.05, 4.69) is 164 Å². The van der Waals surface area contributed by atoms with E-state index in [1.165, 1.54) is 22.3 Å². The first-order valence-electron chi connectivity index (χ1n) is 22.1. The first-order valence-corrected chi connectivity index (χ1v) is 22.1. The van der Waals surface area contributed by atoms with Gasteiger partial charge in [0.25, 0.3) is 0 Å². The molecule has 12 rings (SSSR count). The molecule has 4 heterocycles. The van der Waals surface area contributed by atoms with Gasteiger partial charge in [0.1, 0.15) is 0 Å². The van der Waals surface area contributed by atoms with Gasteiger partial charge in [-0.1, -0.05) is 164 Å². The summed E-state index contributed by atoms with van der Waals surface area (Å²) in [7, 11) is 0. The van der Waals surface area contributed by atoms with Crippen LogP contribution in [0.1, 0.15) is 23.2 Å². The zero-order chi connectivity index (χ0) is 43.3. The van der Waals surface area contributed by atoms with Gasteiger partial charge < -0.3 is 0 Å². The van der Waals surface area contributed by atoms with Crippen molar-refractivity contribution in [2.75, 3.05) is 0 Å². The predicted molar refractivity (Wildman–Crippen MR) is 266 cm³/mol. The van der Waals surface area contributed by atoms with E-state index in [1.807, 2.05) is 48.8 Å². The molecule has 4 aromatic heterocycles. The number of hydrogen-bond acceptors (Lipinski definition) is 6. The van der Waals surface area contributed by atoms with Gasteiger partial charge in [-0.05, 0) is 93.9 Å².